The molecule has 1 aromatic rings. The summed E-state index contributed by atoms with van der Waals surface area (Å²) in [5.74, 6) is -0.154. The molecule has 1 unspecified atom stereocenters. The highest BCUT2D eigenvalue weighted by Gasteiger charge is 2.16. The second-order valence-corrected chi connectivity index (χ2v) is 6.11. The molecule has 0 aliphatic rings. The van der Waals surface area contributed by atoms with Gasteiger partial charge in [-0.2, -0.15) is 0 Å². The third-order valence-corrected chi connectivity index (χ3v) is 3.09. The van der Waals surface area contributed by atoms with Crippen LogP contribution in [-0.2, 0) is 16.0 Å². The third-order valence-electron chi connectivity index (χ3n) is 3.09. The summed E-state index contributed by atoms with van der Waals surface area (Å²) in [4.78, 5) is 11.6. The fraction of sp³-hybridized carbons (Fsp3) is 0.588. The number of esters is 1. The summed E-state index contributed by atoms with van der Waals surface area (Å²) >= 11 is 0. The number of hydrogen-bond acceptors (Lipinski definition) is 3. The normalized spacial score (nSPS) is 13.1. The monoisotopic (exact) mass is 277 g/mol. The second kappa shape index (κ2) is 7.44. The number of hydrogen-bond donors (Lipinski definition) is 1. The quantitative estimate of drug-likeness (QED) is 0.807. The van der Waals surface area contributed by atoms with Crippen LogP contribution in [0.25, 0.3) is 0 Å². The van der Waals surface area contributed by atoms with E-state index >= 15 is 0 Å². The first-order valence-electron chi connectivity index (χ1n) is 7.36. The van der Waals surface area contributed by atoms with Crippen LogP contribution in [0.5, 0.6) is 0 Å². The molecule has 0 aromatic heterocycles. The zero-order chi connectivity index (χ0) is 15.2. The van der Waals surface area contributed by atoms with Gasteiger partial charge in [0.25, 0.3) is 0 Å². The Morgan fingerprint density at radius 3 is 2.35 bits per heavy atom. The van der Waals surface area contributed by atoms with E-state index in [-0.39, 0.29) is 12.0 Å². The predicted molar refractivity (Wildman–Crippen MR) is 82.7 cm³/mol. The summed E-state index contributed by atoms with van der Waals surface area (Å²) in [6.45, 7) is 10.5. The van der Waals surface area contributed by atoms with E-state index in [0.717, 1.165) is 6.42 Å². The highest BCUT2D eigenvalue weighted by molar-refractivity contribution is 5.70. The van der Waals surface area contributed by atoms with Gasteiger partial charge in [-0.15, -0.1) is 0 Å². The Bertz CT molecular complexity index is 418. The average molecular weight is 277 g/mol. The van der Waals surface area contributed by atoms with Gasteiger partial charge >= 0.3 is 5.97 Å². The topological polar surface area (TPSA) is 38.3 Å². The molecular formula is C17H27NO2. The SMILES string of the molecule is CCc1ccc(C(C)NCCC(=O)OC(C)(C)C)cc1. The van der Waals surface area contributed by atoms with E-state index in [2.05, 4.69) is 43.4 Å². The van der Waals surface area contributed by atoms with Crippen LogP contribution in [0.1, 0.15) is 58.2 Å². The van der Waals surface area contributed by atoms with E-state index in [9.17, 15) is 4.79 Å². The first kappa shape index (κ1) is 16.7. The van der Waals surface area contributed by atoms with Crippen molar-refractivity contribution in [3.8, 4) is 0 Å². The molecule has 1 rings (SSSR count). The molecule has 20 heavy (non-hydrogen) atoms. The number of nitrogens with one attached hydrogen (secondary N) is 1. The summed E-state index contributed by atoms with van der Waals surface area (Å²) in [5.41, 5.74) is 2.18. The summed E-state index contributed by atoms with van der Waals surface area (Å²) in [6.07, 6.45) is 1.45. The molecule has 0 aliphatic carbocycles. The molecule has 1 aromatic carbocycles. The van der Waals surface area contributed by atoms with Crippen molar-refractivity contribution in [3.63, 3.8) is 0 Å². The molecule has 112 valence electrons. The minimum Gasteiger partial charge on any atom is -0.460 e. The van der Waals surface area contributed by atoms with Gasteiger partial charge in [0.15, 0.2) is 0 Å². The van der Waals surface area contributed by atoms with E-state index < -0.39 is 5.60 Å². The van der Waals surface area contributed by atoms with Gasteiger partial charge in [-0.1, -0.05) is 31.2 Å². The maximum Gasteiger partial charge on any atom is 0.307 e. The molecule has 0 spiro atoms. The molecule has 0 bridgehead atoms. The maximum absolute atomic E-state index is 11.6. The minimum atomic E-state index is -0.404. The highest BCUT2D eigenvalue weighted by Crippen LogP contribution is 2.14. The zero-order valence-electron chi connectivity index (χ0n) is 13.3. The molecule has 0 fully saturated rings. The number of benzene rings is 1. The lowest BCUT2D eigenvalue weighted by Gasteiger charge is -2.20. The van der Waals surface area contributed by atoms with Gasteiger partial charge in [-0.05, 0) is 45.2 Å². The van der Waals surface area contributed by atoms with Crippen molar-refractivity contribution < 1.29 is 9.53 Å². The highest BCUT2D eigenvalue weighted by atomic mass is 16.6. The van der Waals surface area contributed by atoms with Crippen molar-refractivity contribution in [2.24, 2.45) is 0 Å². The Morgan fingerprint density at radius 2 is 1.85 bits per heavy atom. The Balaban J connectivity index is 2.35. The largest absolute Gasteiger partial charge is 0.460 e. The molecule has 3 nitrogen and oxygen atoms in total. The first-order valence-corrected chi connectivity index (χ1v) is 7.36. The Labute approximate surface area is 122 Å². The summed E-state index contributed by atoms with van der Waals surface area (Å²) < 4.78 is 5.28. The van der Waals surface area contributed by atoms with Crippen LogP contribution in [-0.4, -0.2) is 18.1 Å². The van der Waals surface area contributed by atoms with Crippen LogP contribution in [0.2, 0.25) is 0 Å². The van der Waals surface area contributed by atoms with E-state index in [1.165, 1.54) is 11.1 Å². The molecule has 0 saturated carbocycles. The smallest absolute Gasteiger partial charge is 0.307 e. The number of carbonyl (C=O) groups is 1. The lowest BCUT2D eigenvalue weighted by atomic mass is 10.0. The van der Waals surface area contributed by atoms with Gasteiger partial charge in [0, 0.05) is 12.6 Å². The Kier molecular flexibility index (Phi) is 6.21. The summed E-state index contributed by atoms with van der Waals surface area (Å²) in [5, 5.41) is 3.35. The lowest BCUT2D eigenvalue weighted by Crippen LogP contribution is -2.27. The van der Waals surface area contributed by atoms with E-state index in [1.807, 2.05) is 20.8 Å². The zero-order valence-corrected chi connectivity index (χ0v) is 13.3. The van der Waals surface area contributed by atoms with Gasteiger partial charge in [0.05, 0.1) is 6.42 Å². The van der Waals surface area contributed by atoms with Crippen LogP contribution in [0.4, 0.5) is 0 Å². The number of aryl methyl sites for hydroxylation is 1. The number of rotatable bonds is 6. The van der Waals surface area contributed by atoms with Crippen LogP contribution in [0.15, 0.2) is 24.3 Å². The molecule has 0 heterocycles. The predicted octanol–water partition coefficient (Wildman–Crippen LogP) is 3.63. The first-order chi connectivity index (χ1) is 9.31. The molecule has 0 amide bonds. The van der Waals surface area contributed by atoms with Crippen LogP contribution >= 0.6 is 0 Å². The molecular weight excluding hydrogens is 250 g/mol. The van der Waals surface area contributed by atoms with Crippen molar-refractivity contribution in [3.05, 3.63) is 35.4 Å². The number of ether oxygens (including phenoxy) is 1. The van der Waals surface area contributed by atoms with Crippen LogP contribution in [0.3, 0.4) is 0 Å². The van der Waals surface area contributed by atoms with Crippen molar-refractivity contribution in [2.75, 3.05) is 6.54 Å². The maximum atomic E-state index is 11.6. The van der Waals surface area contributed by atoms with Gasteiger partial charge in [0.1, 0.15) is 5.60 Å². The summed E-state index contributed by atoms with van der Waals surface area (Å²) in [7, 11) is 0. The standard InChI is InChI=1S/C17H27NO2/c1-6-14-7-9-15(10-8-14)13(2)18-12-11-16(19)20-17(3,4)5/h7-10,13,18H,6,11-12H2,1-5H3. The van der Waals surface area contributed by atoms with Gasteiger partial charge in [0.2, 0.25) is 0 Å². The molecule has 1 N–H and O–H groups in total. The molecule has 0 aliphatic heterocycles. The van der Waals surface area contributed by atoms with Crippen LogP contribution < -0.4 is 5.32 Å². The van der Waals surface area contributed by atoms with E-state index in [4.69, 9.17) is 4.74 Å². The summed E-state index contributed by atoms with van der Waals surface area (Å²) in [6, 6.07) is 8.83. The fourth-order valence-corrected chi connectivity index (χ4v) is 1.94. The minimum absolute atomic E-state index is 0.154. The molecule has 1 atom stereocenters. The van der Waals surface area contributed by atoms with Gasteiger partial charge in [-0.25, -0.2) is 0 Å². The van der Waals surface area contributed by atoms with Crippen LogP contribution in [0, 0.1) is 0 Å². The molecule has 0 radical (unpaired) electrons. The fourth-order valence-electron chi connectivity index (χ4n) is 1.94. The van der Waals surface area contributed by atoms with Crippen molar-refractivity contribution in [1.82, 2.24) is 5.32 Å². The van der Waals surface area contributed by atoms with Crippen molar-refractivity contribution in [1.29, 1.82) is 0 Å². The average Bonchev–Trinajstić information content (AvgIpc) is 2.36. The van der Waals surface area contributed by atoms with Gasteiger partial charge < -0.3 is 10.1 Å². The Hall–Kier alpha value is -1.35. The number of carbonyl (C=O) groups excluding carboxylic acids is 1. The second-order valence-electron chi connectivity index (χ2n) is 6.11. The molecule has 3 heteroatoms. The van der Waals surface area contributed by atoms with Gasteiger partial charge in [-0.3, -0.25) is 4.79 Å². The van der Waals surface area contributed by atoms with Crippen molar-refractivity contribution >= 4 is 5.97 Å². The molecule has 0 saturated heterocycles. The van der Waals surface area contributed by atoms with E-state index in [0.29, 0.717) is 13.0 Å². The van der Waals surface area contributed by atoms with E-state index in [1.54, 1.807) is 0 Å². The van der Waals surface area contributed by atoms with Crippen molar-refractivity contribution in [2.45, 2.75) is 59.1 Å². The third kappa shape index (κ3) is 6.20. The lowest BCUT2D eigenvalue weighted by molar-refractivity contribution is -0.154. The Morgan fingerprint density at radius 1 is 1.25 bits per heavy atom.